The Bertz CT molecular complexity index is 3190. The van der Waals surface area contributed by atoms with Crippen LogP contribution in [0.25, 0.3) is 49.4 Å². The van der Waals surface area contributed by atoms with Crippen LogP contribution in [-0.4, -0.2) is 16.2 Å². The predicted octanol–water partition coefficient (Wildman–Crippen LogP) is 13.9. The molecule has 1 saturated carbocycles. The average Bonchev–Trinajstić information content (AvgIpc) is 3.89. The molecule has 61 heavy (non-hydrogen) atoms. The van der Waals surface area contributed by atoms with E-state index in [1.807, 2.05) is 0 Å². The molecule has 1 aliphatic heterocycles. The maximum atomic E-state index is 6.81. The molecule has 6 aromatic carbocycles. The van der Waals surface area contributed by atoms with E-state index in [1.165, 1.54) is 44.9 Å². The number of allylic oxidation sites excluding steroid dienone is 4. The second-order valence-electron chi connectivity index (χ2n) is 18.9. The monoisotopic (exact) mass is 794 g/mol. The van der Waals surface area contributed by atoms with Crippen LogP contribution in [-0.2, 0) is 5.41 Å². The molecule has 0 bridgehead atoms. The van der Waals surface area contributed by atoms with Crippen molar-refractivity contribution < 1.29 is 4.42 Å². The summed E-state index contributed by atoms with van der Waals surface area (Å²) < 4.78 is 9.23. The number of hydrogen-bond donors (Lipinski definition) is 1. The largest absolute Gasteiger partial charge is 0.456 e. The fourth-order valence-corrected chi connectivity index (χ4v) is 12.1. The van der Waals surface area contributed by atoms with Crippen molar-refractivity contribution in [3.05, 3.63) is 186 Å². The number of rotatable bonds is 5. The van der Waals surface area contributed by atoms with E-state index in [0.29, 0.717) is 17.8 Å². The first-order valence-electron chi connectivity index (χ1n) is 22.2. The Labute approximate surface area is 357 Å². The summed E-state index contributed by atoms with van der Waals surface area (Å²) in [4.78, 5) is 10.9. The number of nitrogens with zero attached hydrogens (tertiary/aromatic N) is 3. The van der Waals surface area contributed by atoms with E-state index >= 15 is 0 Å². The maximum absolute atomic E-state index is 6.81. The minimum Gasteiger partial charge on any atom is -0.456 e. The normalized spacial score (nSPS) is 25.4. The van der Waals surface area contributed by atoms with E-state index < -0.39 is 6.17 Å². The van der Waals surface area contributed by atoms with Crippen LogP contribution in [0.4, 0.5) is 0 Å². The average molecular weight is 795 g/mol. The van der Waals surface area contributed by atoms with Gasteiger partial charge in [-0.2, -0.15) is 0 Å². The molecule has 5 nitrogen and oxygen atoms in total. The number of hydrogen-bond acceptors (Lipinski definition) is 4. The molecule has 3 heterocycles. The first-order valence-corrected chi connectivity index (χ1v) is 22.2. The Morgan fingerprint density at radius 1 is 0.705 bits per heavy atom. The minimum absolute atomic E-state index is 0.0455. The lowest BCUT2D eigenvalue weighted by Crippen LogP contribution is -2.50. The van der Waals surface area contributed by atoms with E-state index in [-0.39, 0.29) is 16.7 Å². The lowest BCUT2D eigenvalue weighted by molar-refractivity contribution is 0.0548. The standard InChI is InChI=1S/C56H50N4O/c1-34-30-43(51-40-21-11-13-22-44(40)55(2,3)56(51,4)33-34)54-58-52(36-18-9-6-10-19-36)57-53(59-54)38-26-28-41-49(32-38)61-48-25-15-24-47(50(41)48)60-45-23-14-12-20-39(45)42-31-37(27-29-46(42)60)35-16-7-5-8-17-35/h5-16,18-29,31-32,34-35,43,51,53H,17,30,33H2,1-4H3,(H,57,58,59). The number of amidine groups is 2. The Balaban J connectivity index is 0.989. The van der Waals surface area contributed by atoms with Gasteiger partial charge in [-0.15, -0.1) is 0 Å². The summed E-state index contributed by atoms with van der Waals surface area (Å²) in [5.41, 5.74) is 11.8. The van der Waals surface area contributed by atoms with Gasteiger partial charge in [0.1, 0.15) is 22.8 Å². The number of benzene rings is 6. The van der Waals surface area contributed by atoms with Gasteiger partial charge in [0.2, 0.25) is 0 Å². The van der Waals surface area contributed by atoms with E-state index in [9.17, 15) is 0 Å². The molecule has 6 unspecified atom stereocenters. The lowest BCUT2D eigenvalue weighted by Gasteiger charge is -2.51. The van der Waals surface area contributed by atoms with Gasteiger partial charge in [-0.05, 0) is 95.2 Å². The number of fused-ring (bicyclic) bond motifs is 9. The Morgan fingerprint density at radius 3 is 2.38 bits per heavy atom. The number of aliphatic imine (C=N–C) groups is 2. The topological polar surface area (TPSA) is 54.8 Å². The fourth-order valence-electron chi connectivity index (χ4n) is 12.1. The minimum atomic E-state index is -0.419. The molecule has 4 aliphatic rings. The summed E-state index contributed by atoms with van der Waals surface area (Å²) in [7, 11) is 0. The quantitative estimate of drug-likeness (QED) is 0.189. The highest BCUT2D eigenvalue weighted by atomic mass is 16.3. The second-order valence-corrected chi connectivity index (χ2v) is 18.9. The zero-order chi connectivity index (χ0) is 41.0. The molecule has 1 N–H and O–H groups in total. The molecule has 3 aliphatic carbocycles. The number of aromatic nitrogens is 1. The van der Waals surface area contributed by atoms with E-state index in [1.54, 1.807) is 0 Å². The van der Waals surface area contributed by atoms with Gasteiger partial charge in [0.15, 0.2) is 6.17 Å². The van der Waals surface area contributed by atoms with Crippen LogP contribution in [0.5, 0.6) is 0 Å². The van der Waals surface area contributed by atoms with Crippen molar-refractivity contribution in [2.45, 2.75) is 70.4 Å². The smallest absolute Gasteiger partial charge is 0.169 e. The van der Waals surface area contributed by atoms with Gasteiger partial charge in [-0.1, -0.05) is 143 Å². The third-order valence-corrected chi connectivity index (χ3v) is 15.2. The van der Waals surface area contributed by atoms with Crippen LogP contribution in [0.15, 0.2) is 172 Å². The molecule has 0 spiro atoms. The first kappa shape index (κ1) is 36.4. The van der Waals surface area contributed by atoms with Crippen molar-refractivity contribution in [3.8, 4) is 5.69 Å². The van der Waals surface area contributed by atoms with Gasteiger partial charge in [0.05, 0.1) is 22.1 Å². The summed E-state index contributed by atoms with van der Waals surface area (Å²) >= 11 is 0. The van der Waals surface area contributed by atoms with Crippen molar-refractivity contribution in [2.75, 3.05) is 0 Å². The van der Waals surface area contributed by atoms with E-state index in [2.05, 4.69) is 195 Å². The van der Waals surface area contributed by atoms with Gasteiger partial charge in [-0.25, -0.2) is 9.98 Å². The van der Waals surface area contributed by atoms with Crippen LogP contribution in [0, 0.1) is 17.3 Å². The first-order chi connectivity index (χ1) is 29.8. The molecule has 0 amide bonds. The second kappa shape index (κ2) is 13.5. The highest BCUT2D eigenvalue weighted by Crippen LogP contribution is 2.67. The maximum Gasteiger partial charge on any atom is 0.169 e. The lowest BCUT2D eigenvalue weighted by atomic mass is 9.53. The van der Waals surface area contributed by atoms with Crippen molar-refractivity contribution in [1.82, 2.24) is 9.88 Å². The third-order valence-electron chi connectivity index (χ3n) is 15.2. The van der Waals surface area contributed by atoms with Crippen LogP contribution in [0.3, 0.4) is 0 Å². The summed E-state index contributed by atoms with van der Waals surface area (Å²) in [6.45, 7) is 9.92. The third kappa shape index (κ3) is 5.45. The highest BCUT2D eigenvalue weighted by Gasteiger charge is 2.60. The van der Waals surface area contributed by atoms with Crippen LogP contribution < -0.4 is 5.32 Å². The SMILES string of the molecule is CC1CC(C2=NC(c3ccc4c(c3)oc3cccc(-n5c6ccccc6c6cc(C7C=CC=CC7)ccc65)c34)N=C(c3ccccc3)N2)C2c3ccccc3C(C)(C)C2(C)C1. The molecule has 2 aromatic heterocycles. The molecule has 300 valence electrons. The van der Waals surface area contributed by atoms with Crippen molar-refractivity contribution in [3.63, 3.8) is 0 Å². The van der Waals surface area contributed by atoms with Gasteiger partial charge in [0.25, 0.3) is 0 Å². The Morgan fingerprint density at radius 2 is 1.51 bits per heavy atom. The number of furan rings is 1. The van der Waals surface area contributed by atoms with Gasteiger partial charge >= 0.3 is 0 Å². The Hall–Kier alpha value is -6.46. The highest BCUT2D eigenvalue weighted by molar-refractivity contribution is 6.15. The molecule has 6 atom stereocenters. The molecule has 0 saturated heterocycles. The predicted molar refractivity (Wildman–Crippen MR) is 252 cm³/mol. The summed E-state index contributed by atoms with van der Waals surface area (Å²) in [5.74, 6) is 3.45. The zero-order valence-electron chi connectivity index (χ0n) is 35.3. The van der Waals surface area contributed by atoms with Crippen LogP contribution >= 0.6 is 0 Å². The molecule has 0 radical (unpaired) electrons. The Kier molecular flexibility index (Phi) is 8.07. The van der Waals surface area contributed by atoms with Gasteiger partial charge < -0.3 is 14.3 Å². The van der Waals surface area contributed by atoms with E-state index in [4.69, 9.17) is 14.4 Å². The van der Waals surface area contributed by atoms with Crippen LogP contribution in [0.1, 0.15) is 92.8 Å². The van der Waals surface area contributed by atoms with Crippen molar-refractivity contribution in [2.24, 2.45) is 27.2 Å². The summed E-state index contributed by atoms with van der Waals surface area (Å²) in [6, 6.07) is 48.7. The fraction of sp³-hybridized carbons (Fsp3) is 0.250. The summed E-state index contributed by atoms with van der Waals surface area (Å²) in [5, 5.41) is 8.57. The van der Waals surface area contributed by atoms with Gasteiger partial charge in [-0.3, -0.25) is 0 Å². The molecule has 8 aromatic rings. The molecular formula is C56H50N4O. The number of nitrogens with one attached hydrogen (secondary N) is 1. The van der Waals surface area contributed by atoms with Crippen molar-refractivity contribution in [1.29, 1.82) is 0 Å². The molecule has 1 fully saturated rings. The number of para-hydroxylation sites is 1. The van der Waals surface area contributed by atoms with Crippen LogP contribution in [0.2, 0.25) is 0 Å². The molecule has 5 heteroatoms. The molecule has 12 rings (SSSR count). The zero-order valence-corrected chi connectivity index (χ0v) is 35.3. The van der Waals surface area contributed by atoms with Crippen molar-refractivity contribution >= 4 is 55.4 Å². The summed E-state index contributed by atoms with van der Waals surface area (Å²) in [6.07, 6.45) is 11.8. The molecular weight excluding hydrogens is 745 g/mol. The van der Waals surface area contributed by atoms with Gasteiger partial charge in [0, 0.05) is 45.0 Å². The van der Waals surface area contributed by atoms with E-state index in [0.717, 1.165) is 63.3 Å².